The van der Waals surface area contributed by atoms with Gasteiger partial charge in [0.2, 0.25) is 0 Å². The van der Waals surface area contributed by atoms with Crippen LogP contribution >= 0.6 is 0 Å². The molecular formula is C10H14O3. The van der Waals surface area contributed by atoms with Gasteiger partial charge in [0.15, 0.2) is 0 Å². The molecule has 2 aliphatic rings. The summed E-state index contributed by atoms with van der Waals surface area (Å²) < 4.78 is 4.96. The van der Waals surface area contributed by atoms with Gasteiger partial charge in [-0.15, -0.1) is 0 Å². The standard InChI is InChI=1S/C10H14O3/c1-10-6-13-9(12)5-7(10)3-2-4-8(10)11/h7H,2-6H2,1H3. The van der Waals surface area contributed by atoms with E-state index in [-0.39, 0.29) is 23.1 Å². The Kier molecular flexibility index (Phi) is 1.90. The number of ether oxygens (including phenoxy) is 1. The average Bonchev–Trinajstić information content (AvgIpc) is 2.09. The monoisotopic (exact) mass is 182 g/mol. The molecule has 2 unspecified atom stereocenters. The van der Waals surface area contributed by atoms with Crippen LogP contribution in [-0.4, -0.2) is 18.4 Å². The van der Waals surface area contributed by atoms with E-state index >= 15 is 0 Å². The normalized spacial score (nSPS) is 39.6. The van der Waals surface area contributed by atoms with E-state index in [0.29, 0.717) is 19.4 Å². The van der Waals surface area contributed by atoms with E-state index in [4.69, 9.17) is 4.74 Å². The molecule has 1 aliphatic heterocycles. The maximum absolute atomic E-state index is 11.7. The molecule has 1 saturated carbocycles. The van der Waals surface area contributed by atoms with E-state index < -0.39 is 0 Å². The third-order valence-corrected chi connectivity index (χ3v) is 3.44. The molecule has 0 amide bonds. The first-order valence-corrected chi connectivity index (χ1v) is 4.82. The fraction of sp³-hybridized carbons (Fsp3) is 0.800. The van der Waals surface area contributed by atoms with Gasteiger partial charge >= 0.3 is 5.97 Å². The molecule has 2 rings (SSSR count). The Morgan fingerprint density at radius 2 is 2.23 bits per heavy atom. The predicted molar refractivity (Wildman–Crippen MR) is 46.0 cm³/mol. The molecule has 3 heteroatoms. The molecule has 2 fully saturated rings. The van der Waals surface area contributed by atoms with Gasteiger partial charge in [0.1, 0.15) is 12.4 Å². The number of esters is 1. The first kappa shape index (κ1) is 8.73. The van der Waals surface area contributed by atoms with Crippen molar-refractivity contribution in [3.63, 3.8) is 0 Å². The van der Waals surface area contributed by atoms with Gasteiger partial charge in [-0.1, -0.05) is 0 Å². The molecule has 13 heavy (non-hydrogen) atoms. The van der Waals surface area contributed by atoms with Crippen LogP contribution in [0.1, 0.15) is 32.6 Å². The van der Waals surface area contributed by atoms with Gasteiger partial charge < -0.3 is 4.74 Å². The maximum atomic E-state index is 11.7. The van der Waals surface area contributed by atoms with Crippen LogP contribution < -0.4 is 0 Å². The number of carbonyl (C=O) groups is 2. The molecule has 0 spiro atoms. The summed E-state index contributed by atoms with van der Waals surface area (Å²) >= 11 is 0. The molecule has 0 aromatic carbocycles. The van der Waals surface area contributed by atoms with Gasteiger partial charge in [-0.05, 0) is 25.7 Å². The van der Waals surface area contributed by atoms with Crippen LogP contribution in [-0.2, 0) is 14.3 Å². The number of Topliss-reactive ketones (excluding diaryl/α,β-unsaturated/α-hetero) is 1. The van der Waals surface area contributed by atoms with Crippen molar-refractivity contribution in [1.82, 2.24) is 0 Å². The quantitative estimate of drug-likeness (QED) is 0.530. The van der Waals surface area contributed by atoms with Crippen molar-refractivity contribution in [3.8, 4) is 0 Å². The highest BCUT2D eigenvalue weighted by Crippen LogP contribution is 2.43. The van der Waals surface area contributed by atoms with Gasteiger partial charge in [0, 0.05) is 12.8 Å². The third-order valence-electron chi connectivity index (χ3n) is 3.44. The van der Waals surface area contributed by atoms with Crippen LogP contribution in [0.4, 0.5) is 0 Å². The predicted octanol–water partition coefficient (Wildman–Crippen LogP) is 1.31. The van der Waals surface area contributed by atoms with Crippen LogP contribution in [0.5, 0.6) is 0 Å². The highest BCUT2D eigenvalue weighted by atomic mass is 16.5. The van der Waals surface area contributed by atoms with Crippen molar-refractivity contribution >= 4 is 11.8 Å². The van der Waals surface area contributed by atoms with Gasteiger partial charge in [-0.3, -0.25) is 9.59 Å². The Morgan fingerprint density at radius 1 is 1.46 bits per heavy atom. The van der Waals surface area contributed by atoms with Crippen molar-refractivity contribution in [3.05, 3.63) is 0 Å². The van der Waals surface area contributed by atoms with E-state index in [2.05, 4.69) is 0 Å². The summed E-state index contributed by atoms with van der Waals surface area (Å²) in [5, 5.41) is 0. The van der Waals surface area contributed by atoms with Crippen molar-refractivity contribution in [2.75, 3.05) is 6.61 Å². The smallest absolute Gasteiger partial charge is 0.306 e. The lowest BCUT2D eigenvalue weighted by atomic mass is 9.65. The summed E-state index contributed by atoms with van der Waals surface area (Å²) in [7, 11) is 0. The van der Waals surface area contributed by atoms with Crippen molar-refractivity contribution in [2.24, 2.45) is 11.3 Å². The number of carbonyl (C=O) groups excluding carboxylic acids is 2. The van der Waals surface area contributed by atoms with Crippen LogP contribution in [0.25, 0.3) is 0 Å². The van der Waals surface area contributed by atoms with Crippen LogP contribution in [0.3, 0.4) is 0 Å². The SMILES string of the molecule is CC12COC(=O)CC1CCCC2=O. The number of hydrogen-bond acceptors (Lipinski definition) is 3. The summed E-state index contributed by atoms with van der Waals surface area (Å²) in [5.74, 6) is 0.364. The van der Waals surface area contributed by atoms with E-state index in [1.54, 1.807) is 0 Å². The minimum absolute atomic E-state index is 0.142. The van der Waals surface area contributed by atoms with Gasteiger partial charge in [0.05, 0.1) is 5.41 Å². The minimum Gasteiger partial charge on any atom is -0.465 e. The first-order chi connectivity index (χ1) is 6.13. The molecule has 0 bridgehead atoms. The zero-order valence-electron chi connectivity index (χ0n) is 7.84. The molecule has 0 aromatic rings. The lowest BCUT2D eigenvalue weighted by molar-refractivity contribution is -0.166. The summed E-state index contributed by atoms with van der Waals surface area (Å²) in [5.41, 5.74) is -0.369. The van der Waals surface area contributed by atoms with Crippen LogP contribution in [0.15, 0.2) is 0 Å². The molecule has 0 radical (unpaired) electrons. The lowest BCUT2D eigenvalue weighted by Gasteiger charge is -2.42. The van der Waals surface area contributed by atoms with Gasteiger partial charge in [-0.2, -0.15) is 0 Å². The molecule has 1 aliphatic carbocycles. The number of cyclic esters (lactones) is 1. The van der Waals surface area contributed by atoms with Crippen LogP contribution in [0.2, 0.25) is 0 Å². The second kappa shape index (κ2) is 2.82. The summed E-state index contributed by atoms with van der Waals surface area (Å²) in [6.07, 6.45) is 3.02. The summed E-state index contributed by atoms with van der Waals surface area (Å²) in [6, 6.07) is 0. The largest absolute Gasteiger partial charge is 0.465 e. The van der Waals surface area contributed by atoms with Crippen LogP contribution in [0, 0.1) is 11.3 Å². The third kappa shape index (κ3) is 1.26. The van der Waals surface area contributed by atoms with Crippen molar-refractivity contribution < 1.29 is 14.3 Å². The lowest BCUT2D eigenvalue weighted by Crippen LogP contribution is -2.47. The van der Waals surface area contributed by atoms with Crippen molar-refractivity contribution in [2.45, 2.75) is 32.6 Å². The Hall–Kier alpha value is -0.860. The fourth-order valence-corrected chi connectivity index (χ4v) is 2.36. The van der Waals surface area contributed by atoms with E-state index in [1.807, 2.05) is 6.92 Å². The highest BCUT2D eigenvalue weighted by Gasteiger charge is 2.47. The van der Waals surface area contributed by atoms with Crippen molar-refractivity contribution in [1.29, 1.82) is 0 Å². The number of fused-ring (bicyclic) bond motifs is 1. The Morgan fingerprint density at radius 3 is 3.00 bits per heavy atom. The Bertz CT molecular complexity index is 259. The van der Waals surface area contributed by atoms with E-state index in [9.17, 15) is 9.59 Å². The number of rotatable bonds is 0. The van der Waals surface area contributed by atoms with E-state index in [1.165, 1.54) is 0 Å². The molecule has 2 atom stereocenters. The molecule has 0 N–H and O–H groups in total. The second-order valence-electron chi connectivity index (χ2n) is 4.29. The van der Waals surface area contributed by atoms with Gasteiger partial charge in [0.25, 0.3) is 0 Å². The first-order valence-electron chi connectivity index (χ1n) is 4.82. The van der Waals surface area contributed by atoms with Gasteiger partial charge in [-0.25, -0.2) is 0 Å². The average molecular weight is 182 g/mol. The summed E-state index contributed by atoms with van der Waals surface area (Å²) in [4.78, 5) is 22.7. The fourth-order valence-electron chi connectivity index (χ4n) is 2.36. The topological polar surface area (TPSA) is 43.4 Å². The molecule has 72 valence electrons. The number of hydrogen-bond donors (Lipinski definition) is 0. The molecular weight excluding hydrogens is 168 g/mol. The Balaban J connectivity index is 2.22. The molecule has 0 aromatic heterocycles. The zero-order valence-corrected chi connectivity index (χ0v) is 7.84. The molecule has 1 saturated heterocycles. The minimum atomic E-state index is -0.369. The highest BCUT2D eigenvalue weighted by molar-refractivity contribution is 5.87. The molecule has 3 nitrogen and oxygen atoms in total. The Labute approximate surface area is 77.4 Å². The maximum Gasteiger partial charge on any atom is 0.306 e. The second-order valence-corrected chi connectivity index (χ2v) is 4.29. The number of ketones is 1. The summed E-state index contributed by atoms with van der Waals surface area (Å²) in [6.45, 7) is 2.24. The molecule has 1 heterocycles. The van der Waals surface area contributed by atoms with E-state index in [0.717, 1.165) is 12.8 Å². The zero-order chi connectivity index (χ0) is 9.47.